The van der Waals surface area contributed by atoms with Gasteiger partial charge in [-0.1, -0.05) is 23.2 Å². The molecule has 2 aromatic rings. The molecule has 0 aliphatic carbocycles. The molecule has 0 spiro atoms. The molecule has 0 saturated carbocycles. The molecule has 134 valence electrons. The highest BCUT2D eigenvalue weighted by molar-refractivity contribution is 6.35. The normalized spacial score (nSPS) is 15.3. The lowest BCUT2D eigenvalue weighted by Gasteiger charge is -2.27. The number of methoxy groups -OCH3 is 1. The van der Waals surface area contributed by atoms with Crippen LogP contribution >= 0.6 is 23.2 Å². The third-order valence-electron chi connectivity index (χ3n) is 4.02. The first-order valence-corrected chi connectivity index (χ1v) is 8.92. The monoisotopic (exact) mass is 381 g/mol. The maximum absolute atomic E-state index is 6.16. The predicted molar refractivity (Wildman–Crippen MR) is 100 cm³/mol. The largest absolute Gasteiger partial charge is 0.468 e. The van der Waals surface area contributed by atoms with Gasteiger partial charge in [-0.2, -0.15) is 0 Å². The molecule has 0 N–H and O–H groups in total. The van der Waals surface area contributed by atoms with Gasteiger partial charge in [-0.05, 0) is 53.1 Å². The summed E-state index contributed by atoms with van der Waals surface area (Å²) >= 11 is 12.3. The molecule has 0 aromatic heterocycles. The van der Waals surface area contributed by atoms with Crippen molar-refractivity contribution in [1.82, 2.24) is 4.90 Å². The fourth-order valence-corrected chi connectivity index (χ4v) is 3.39. The Morgan fingerprint density at radius 1 is 0.960 bits per heavy atom. The van der Waals surface area contributed by atoms with Gasteiger partial charge in [0.05, 0.1) is 13.2 Å². The van der Waals surface area contributed by atoms with Crippen molar-refractivity contribution in [2.45, 2.75) is 6.54 Å². The third kappa shape index (κ3) is 5.33. The number of benzene rings is 2. The summed E-state index contributed by atoms with van der Waals surface area (Å²) < 4.78 is 16.1. The SMILES string of the molecule is COCOc1cc(CN2CCOCC2)cc(-c2cc(Cl)cc(Cl)c2)c1. The van der Waals surface area contributed by atoms with Crippen LogP contribution in [0.2, 0.25) is 10.0 Å². The highest BCUT2D eigenvalue weighted by Gasteiger charge is 2.13. The van der Waals surface area contributed by atoms with E-state index in [1.54, 1.807) is 13.2 Å². The van der Waals surface area contributed by atoms with Gasteiger partial charge >= 0.3 is 0 Å². The van der Waals surface area contributed by atoms with Crippen molar-refractivity contribution in [2.75, 3.05) is 40.2 Å². The molecular formula is C19H21Cl2NO3. The predicted octanol–water partition coefficient (Wildman–Crippen LogP) is 4.48. The molecule has 2 aromatic carbocycles. The molecule has 0 amide bonds. The van der Waals surface area contributed by atoms with Crippen LogP contribution in [0.25, 0.3) is 11.1 Å². The summed E-state index contributed by atoms with van der Waals surface area (Å²) in [6.45, 7) is 4.46. The van der Waals surface area contributed by atoms with Crippen molar-refractivity contribution in [2.24, 2.45) is 0 Å². The molecule has 25 heavy (non-hydrogen) atoms. The molecule has 4 nitrogen and oxygen atoms in total. The highest BCUT2D eigenvalue weighted by atomic mass is 35.5. The minimum absolute atomic E-state index is 0.205. The van der Waals surface area contributed by atoms with Gasteiger partial charge in [-0.15, -0.1) is 0 Å². The zero-order valence-corrected chi connectivity index (χ0v) is 15.6. The van der Waals surface area contributed by atoms with Gasteiger partial charge in [0.25, 0.3) is 0 Å². The zero-order chi connectivity index (χ0) is 17.6. The van der Waals surface area contributed by atoms with Crippen molar-refractivity contribution in [1.29, 1.82) is 0 Å². The summed E-state index contributed by atoms with van der Waals surface area (Å²) in [6, 6.07) is 11.7. The maximum atomic E-state index is 6.16. The minimum atomic E-state index is 0.205. The van der Waals surface area contributed by atoms with Gasteiger partial charge in [0, 0.05) is 36.8 Å². The Morgan fingerprint density at radius 3 is 2.32 bits per heavy atom. The first kappa shape index (κ1) is 18.5. The van der Waals surface area contributed by atoms with E-state index in [1.165, 1.54) is 5.56 Å². The number of morpholine rings is 1. The maximum Gasteiger partial charge on any atom is 0.188 e. The first-order valence-electron chi connectivity index (χ1n) is 8.16. The van der Waals surface area contributed by atoms with Crippen LogP contribution in [0.4, 0.5) is 0 Å². The number of rotatable bonds is 6. The summed E-state index contributed by atoms with van der Waals surface area (Å²) in [5.41, 5.74) is 3.14. The fraction of sp³-hybridized carbons (Fsp3) is 0.368. The van der Waals surface area contributed by atoms with Crippen molar-refractivity contribution in [3.8, 4) is 16.9 Å². The lowest BCUT2D eigenvalue weighted by molar-refractivity contribution is 0.0339. The molecule has 0 atom stereocenters. The average molecular weight is 382 g/mol. The quantitative estimate of drug-likeness (QED) is 0.690. The van der Waals surface area contributed by atoms with Crippen LogP contribution < -0.4 is 4.74 Å². The number of hydrogen-bond donors (Lipinski definition) is 0. The van der Waals surface area contributed by atoms with Crippen molar-refractivity contribution < 1.29 is 14.2 Å². The van der Waals surface area contributed by atoms with Crippen molar-refractivity contribution in [3.63, 3.8) is 0 Å². The number of hydrogen-bond acceptors (Lipinski definition) is 4. The average Bonchev–Trinajstić information content (AvgIpc) is 2.60. The van der Waals surface area contributed by atoms with Gasteiger partial charge in [-0.3, -0.25) is 4.90 Å². The second-order valence-corrected chi connectivity index (χ2v) is 6.84. The van der Waals surface area contributed by atoms with Crippen LogP contribution in [-0.2, 0) is 16.0 Å². The molecule has 0 bridgehead atoms. The third-order valence-corrected chi connectivity index (χ3v) is 4.45. The summed E-state index contributed by atoms with van der Waals surface area (Å²) in [7, 11) is 1.61. The topological polar surface area (TPSA) is 30.9 Å². The van der Waals surface area contributed by atoms with E-state index in [0.29, 0.717) is 10.0 Å². The molecule has 1 heterocycles. The summed E-state index contributed by atoms with van der Waals surface area (Å²) in [5, 5.41) is 1.22. The van der Waals surface area contributed by atoms with Crippen molar-refractivity contribution >= 4 is 23.2 Å². The molecule has 0 radical (unpaired) electrons. The van der Waals surface area contributed by atoms with Gasteiger partial charge in [0.1, 0.15) is 5.75 Å². The first-order chi connectivity index (χ1) is 12.1. The van der Waals surface area contributed by atoms with Crippen LogP contribution in [0.1, 0.15) is 5.56 Å². The number of halogens is 2. The van der Waals surface area contributed by atoms with Gasteiger partial charge in [0.15, 0.2) is 6.79 Å². The van der Waals surface area contributed by atoms with Gasteiger partial charge in [-0.25, -0.2) is 0 Å². The Balaban J connectivity index is 1.91. The van der Waals surface area contributed by atoms with Crippen LogP contribution in [-0.4, -0.2) is 45.1 Å². The Hall–Kier alpha value is -1.30. The van der Waals surface area contributed by atoms with Gasteiger partial charge < -0.3 is 14.2 Å². The lowest BCUT2D eigenvalue weighted by atomic mass is 10.0. The molecule has 1 aliphatic rings. The molecule has 1 saturated heterocycles. The van der Waals surface area contributed by atoms with E-state index in [-0.39, 0.29) is 6.79 Å². The Bertz CT molecular complexity index is 698. The van der Waals surface area contributed by atoms with E-state index in [1.807, 2.05) is 24.3 Å². The lowest BCUT2D eigenvalue weighted by Crippen LogP contribution is -2.35. The molecular weight excluding hydrogens is 361 g/mol. The van der Waals surface area contributed by atoms with Crippen LogP contribution in [0.3, 0.4) is 0 Å². The Labute approximate surface area is 158 Å². The fourth-order valence-electron chi connectivity index (χ4n) is 2.87. The van der Waals surface area contributed by atoms with E-state index in [0.717, 1.165) is 49.7 Å². The molecule has 3 rings (SSSR count). The van der Waals surface area contributed by atoms with Gasteiger partial charge in [0.2, 0.25) is 0 Å². The van der Waals surface area contributed by atoms with E-state index < -0.39 is 0 Å². The second kappa shape index (κ2) is 8.88. The second-order valence-electron chi connectivity index (χ2n) is 5.96. The van der Waals surface area contributed by atoms with E-state index >= 15 is 0 Å². The molecule has 1 aliphatic heterocycles. The molecule has 6 heteroatoms. The standard InChI is InChI=1S/C19H21Cl2NO3/c1-23-13-25-19-7-14(12-22-2-4-24-5-3-22)6-15(10-19)16-8-17(20)11-18(21)9-16/h6-11H,2-5,12-13H2,1H3. The smallest absolute Gasteiger partial charge is 0.188 e. The van der Waals surface area contributed by atoms with Crippen LogP contribution in [0, 0.1) is 0 Å². The number of nitrogens with zero attached hydrogens (tertiary/aromatic N) is 1. The van der Waals surface area contributed by atoms with E-state index in [2.05, 4.69) is 11.0 Å². The highest BCUT2D eigenvalue weighted by Crippen LogP contribution is 2.31. The summed E-state index contributed by atoms with van der Waals surface area (Å²) in [5.74, 6) is 0.763. The molecule has 1 fully saturated rings. The Kier molecular flexibility index (Phi) is 6.57. The Morgan fingerprint density at radius 2 is 1.64 bits per heavy atom. The number of ether oxygens (including phenoxy) is 3. The van der Waals surface area contributed by atoms with Crippen LogP contribution in [0.5, 0.6) is 5.75 Å². The van der Waals surface area contributed by atoms with Crippen molar-refractivity contribution in [3.05, 3.63) is 52.0 Å². The minimum Gasteiger partial charge on any atom is -0.468 e. The molecule has 0 unspecified atom stereocenters. The zero-order valence-electron chi connectivity index (χ0n) is 14.1. The summed E-state index contributed by atoms with van der Waals surface area (Å²) in [4.78, 5) is 2.37. The summed E-state index contributed by atoms with van der Waals surface area (Å²) in [6.07, 6.45) is 0. The van der Waals surface area contributed by atoms with E-state index in [9.17, 15) is 0 Å². The van der Waals surface area contributed by atoms with E-state index in [4.69, 9.17) is 37.4 Å². The van der Waals surface area contributed by atoms with Crippen LogP contribution in [0.15, 0.2) is 36.4 Å².